The number of benzene rings is 2. The average molecular weight is 374 g/mol. The smallest absolute Gasteiger partial charge is 0.243 e. The van der Waals surface area contributed by atoms with Crippen molar-refractivity contribution < 1.29 is 13.2 Å². The van der Waals surface area contributed by atoms with Crippen LogP contribution in [0.25, 0.3) is 0 Å². The van der Waals surface area contributed by atoms with Crippen LogP contribution in [0.15, 0.2) is 53.4 Å². The number of ether oxygens (including phenoxy) is 1. The van der Waals surface area contributed by atoms with Crippen molar-refractivity contribution in [1.29, 1.82) is 0 Å². The molecule has 1 aliphatic rings. The van der Waals surface area contributed by atoms with Gasteiger partial charge in [-0.2, -0.15) is 4.31 Å². The highest BCUT2D eigenvalue weighted by Crippen LogP contribution is 2.26. The summed E-state index contributed by atoms with van der Waals surface area (Å²) in [4.78, 5) is 0.432. The van der Waals surface area contributed by atoms with Crippen LogP contribution in [-0.4, -0.2) is 32.4 Å². The molecule has 5 heteroatoms. The minimum Gasteiger partial charge on any atom is -0.376 e. The predicted octanol–water partition coefficient (Wildman–Crippen LogP) is 3.92. The molecule has 4 nitrogen and oxygen atoms in total. The number of hydrogen-bond acceptors (Lipinski definition) is 3. The molecule has 1 heterocycles. The van der Waals surface area contributed by atoms with Crippen LogP contribution in [-0.2, 0) is 21.4 Å². The van der Waals surface area contributed by atoms with Crippen molar-refractivity contribution in [1.82, 2.24) is 4.31 Å². The van der Waals surface area contributed by atoms with Crippen molar-refractivity contribution in [3.8, 4) is 0 Å². The summed E-state index contributed by atoms with van der Waals surface area (Å²) in [5.74, 6) is 0.421. The van der Waals surface area contributed by atoms with Gasteiger partial charge in [0, 0.05) is 19.7 Å². The lowest BCUT2D eigenvalue weighted by atomic mass is 9.99. The fourth-order valence-electron chi connectivity index (χ4n) is 3.46. The summed E-state index contributed by atoms with van der Waals surface area (Å²) < 4.78 is 33.3. The Morgan fingerprint density at radius 3 is 2.38 bits per heavy atom. The van der Waals surface area contributed by atoms with Gasteiger partial charge >= 0.3 is 0 Å². The Labute approximate surface area is 156 Å². The second-order valence-electron chi connectivity index (χ2n) is 7.12. The molecule has 3 rings (SSSR count). The Morgan fingerprint density at radius 2 is 1.73 bits per heavy atom. The van der Waals surface area contributed by atoms with Crippen LogP contribution in [0.2, 0.25) is 0 Å². The molecule has 0 spiro atoms. The molecule has 0 atom stereocenters. The Bertz CT molecular complexity index is 826. The summed E-state index contributed by atoms with van der Waals surface area (Å²) in [6, 6.07) is 15.6. The molecule has 1 saturated heterocycles. The van der Waals surface area contributed by atoms with Crippen molar-refractivity contribution in [2.24, 2.45) is 5.92 Å². The van der Waals surface area contributed by atoms with E-state index in [1.807, 2.05) is 44.2 Å². The fourth-order valence-corrected chi connectivity index (χ4v) is 5.14. The minimum atomic E-state index is -3.40. The van der Waals surface area contributed by atoms with E-state index in [0.717, 1.165) is 24.0 Å². The summed E-state index contributed by atoms with van der Waals surface area (Å²) in [7, 11) is -3.40. The van der Waals surface area contributed by atoms with Crippen molar-refractivity contribution in [3.05, 3.63) is 65.2 Å². The quantitative estimate of drug-likeness (QED) is 0.771. The number of sulfonamides is 1. The molecule has 140 valence electrons. The van der Waals surface area contributed by atoms with Gasteiger partial charge in [0.05, 0.1) is 11.5 Å². The van der Waals surface area contributed by atoms with Gasteiger partial charge in [-0.15, -0.1) is 0 Å². The second-order valence-corrected chi connectivity index (χ2v) is 9.02. The molecule has 0 saturated carbocycles. The summed E-state index contributed by atoms with van der Waals surface area (Å²) >= 11 is 0. The van der Waals surface area contributed by atoms with Gasteiger partial charge in [0.15, 0.2) is 0 Å². The van der Waals surface area contributed by atoms with E-state index in [1.165, 1.54) is 5.56 Å². The van der Waals surface area contributed by atoms with Crippen molar-refractivity contribution >= 4 is 10.0 Å². The van der Waals surface area contributed by atoms with E-state index in [2.05, 4.69) is 12.1 Å². The molecular formula is C21H27NO3S. The van der Waals surface area contributed by atoms with Gasteiger partial charge in [0.2, 0.25) is 10.0 Å². The van der Waals surface area contributed by atoms with Gasteiger partial charge in [-0.25, -0.2) is 8.42 Å². The third-order valence-electron chi connectivity index (χ3n) is 4.99. The third kappa shape index (κ3) is 4.53. The molecule has 1 aliphatic heterocycles. The first-order valence-corrected chi connectivity index (χ1v) is 10.6. The van der Waals surface area contributed by atoms with Crippen LogP contribution < -0.4 is 0 Å². The normalized spacial score (nSPS) is 16.7. The maximum atomic E-state index is 12.9. The first kappa shape index (κ1) is 19.1. The molecule has 2 aromatic rings. The standard InChI is InChI=1S/C21H27NO3S/c1-17-8-9-21(18(2)14-17)26(23,24)22-12-10-20(11-13-22)16-25-15-19-6-4-3-5-7-19/h3-9,14,20H,10-13,15-16H2,1-2H3. The molecule has 0 bridgehead atoms. The highest BCUT2D eigenvalue weighted by atomic mass is 32.2. The summed E-state index contributed by atoms with van der Waals surface area (Å²) in [6.45, 7) is 6.27. The fraction of sp³-hybridized carbons (Fsp3) is 0.429. The topological polar surface area (TPSA) is 46.6 Å². The lowest BCUT2D eigenvalue weighted by molar-refractivity contribution is 0.0688. The summed E-state index contributed by atoms with van der Waals surface area (Å²) in [6.07, 6.45) is 1.69. The largest absolute Gasteiger partial charge is 0.376 e. The Hall–Kier alpha value is -1.69. The van der Waals surface area contributed by atoms with Gasteiger partial charge < -0.3 is 4.74 Å². The van der Waals surface area contributed by atoms with Gasteiger partial charge in [0.1, 0.15) is 0 Å². The van der Waals surface area contributed by atoms with E-state index < -0.39 is 10.0 Å². The maximum absolute atomic E-state index is 12.9. The van der Waals surface area contributed by atoms with E-state index in [0.29, 0.717) is 37.1 Å². The lowest BCUT2D eigenvalue weighted by Crippen LogP contribution is -2.39. The summed E-state index contributed by atoms with van der Waals surface area (Å²) in [5.41, 5.74) is 3.07. The molecule has 0 aromatic heterocycles. The second kappa shape index (κ2) is 8.33. The van der Waals surface area contributed by atoms with Gasteiger partial charge in [-0.05, 0) is 49.8 Å². The molecule has 0 unspecified atom stereocenters. The van der Waals surface area contributed by atoms with Crippen LogP contribution in [0.1, 0.15) is 29.5 Å². The summed E-state index contributed by atoms with van der Waals surface area (Å²) in [5, 5.41) is 0. The zero-order valence-corrected chi connectivity index (χ0v) is 16.3. The molecule has 0 aliphatic carbocycles. The van der Waals surface area contributed by atoms with Gasteiger partial charge in [0.25, 0.3) is 0 Å². The lowest BCUT2D eigenvalue weighted by Gasteiger charge is -2.31. The molecule has 2 aromatic carbocycles. The number of rotatable bonds is 6. The first-order chi connectivity index (χ1) is 12.5. The van der Waals surface area contributed by atoms with Crippen molar-refractivity contribution in [3.63, 3.8) is 0 Å². The van der Waals surface area contributed by atoms with E-state index in [1.54, 1.807) is 10.4 Å². The Balaban J connectivity index is 1.53. The molecule has 0 N–H and O–H groups in total. The van der Waals surface area contributed by atoms with Crippen LogP contribution in [0, 0.1) is 19.8 Å². The maximum Gasteiger partial charge on any atom is 0.243 e. The SMILES string of the molecule is Cc1ccc(S(=O)(=O)N2CCC(COCc3ccccc3)CC2)c(C)c1. The van der Waals surface area contributed by atoms with E-state index in [9.17, 15) is 8.42 Å². The third-order valence-corrected chi connectivity index (χ3v) is 7.05. The Kier molecular flexibility index (Phi) is 6.12. The minimum absolute atomic E-state index is 0.421. The van der Waals surface area contributed by atoms with Crippen molar-refractivity contribution in [2.75, 3.05) is 19.7 Å². The molecule has 0 amide bonds. The van der Waals surface area contributed by atoms with Crippen LogP contribution in [0.4, 0.5) is 0 Å². The zero-order valence-electron chi connectivity index (χ0n) is 15.5. The molecule has 0 radical (unpaired) electrons. The monoisotopic (exact) mass is 373 g/mol. The van der Waals surface area contributed by atoms with Crippen LogP contribution in [0.5, 0.6) is 0 Å². The van der Waals surface area contributed by atoms with Gasteiger partial charge in [-0.1, -0.05) is 48.0 Å². The Morgan fingerprint density at radius 1 is 1.04 bits per heavy atom. The van der Waals surface area contributed by atoms with E-state index >= 15 is 0 Å². The van der Waals surface area contributed by atoms with Crippen LogP contribution in [0.3, 0.4) is 0 Å². The van der Waals surface area contributed by atoms with E-state index in [-0.39, 0.29) is 0 Å². The van der Waals surface area contributed by atoms with Crippen LogP contribution >= 0.6 is 0 Å². The highest BCUT2D eigenvalue weighted by Gasteiger charge is 2.30. The molecule has 1 fully saturated rings. The molecule has 26 heavy (non-hydrogen) atoms. The van der Waals surface area contributed by atoms with Gasteiger partial charge in [-0.3, -0.25) is 0 Å². The number of piperidine rings is 1. The number of aryl methyl sites for hydroxylation is 2. The predicted molar refractivity (Wildman–Crippen MR) is 103 cm³/mol. The van der Waals surface area contributed by atoms with E-state index in [4.69, 9.17) is 4.74 Å². The average Bonchev–Trinajstić information content (AvgIpc) is 2.63. The highest BCUT2D eigenvalue weighted by molar-refractivity contribution is 7.89. The zero-order chi connectivity index (χ0) is 18.6. The molecular weight excluding hydrogens is 346 g/mol. The van der Waals surface area contributed by atoms with Crippen molar-refractivity contribution in [2.45, 2.75) is 38.2 Å². The number of hydrogen-bond donors (Lipinski definition) is 0. The first-order valence-electron chi connectivity index (χ1n) is 9.16. The number of nitrogens with zero attached hydrogens (tertiary/aromatic N) is 1.